The first kappa shape index (κ1) is 11.8. The number of aliphatic imine (C=N–C) groups is 1. The van der Waals surface area contributed by atoms with Crippen LogP contribution in [-0.4, -0.2) is 10.9 Å². The monoisotopic (exact) mass is 229 g/mol. The fourth-order valence-corrected chi connectivity index (χ4v) is 0.844. The molecule has 16 heavy (non-hydrogen) atoms. The van der Waals surface area contributed by atoms with Crippen molar-refractivity contribution in [2.45, 2.75) is 6.18 Å². The lowest BCUT2D eigenvalue weighted by Crippen LogP contribution is -2.26. The van der Waals surface area contributed by atoms with E-state index in [1.165, 1.54) is 6.19 Å². The number of hydrogen-bond donors (Lipinski definition) is 2. The number of nitrogens with one attached hydrogen (secondary N) is 1. The quantitative estimate of drug-likeness (QED) is 0.327. The predicted molar refractivity (Wildman–Crippen MR) is 49.3 cm³/mol. The van der Waals surface area contributed by atoms with Crippen molar-refractivity contribution in [2.75, 3.05) is 0 Å². The Labute approximate surface area is 88.4 Å². The maximum atomic E-state index is 12.1. The van der Waals surface area contributed by atoms with Gasteiger partial charge >= 0.3 is 6.18 Å². The minimum atomic E-state index is -4.49. The third-order valence-electron chi connectivity index (χ3n) is 1.47. The minimum Gasteiger partial charge on any atom is -0.369 e. The minimum absolute atomic E-state index is 0.119. The molecule has 0 aliphatic rings. The summed E-state index contributed by atoms with van der Waals surface area (Å²) in [6.07, 6.45) is -2.06. The SMILES string of the molecule is N#CNC(N)=Nc1ccc(C(F)(F)F)nc1. The molecule has 8 heteroatoms. The van der Waals surface area contributed by atoms with Crippen molar-refractivity contribution in [3.8, 4) is 6.19 Å². The molecule has 1 aromatic rings. The van der Waals surface area contributed by atoms with Gasteiger partial charge in [-0.1, -0.05) is 0 Å². The number of nitriles is 1. The van der Waals surface area contributed by atoms with Crippen molar-refractivity contribution in [3.63, 3.8) is 0 Å². The first-order valence-electron chi connectivity index (χ1n) is 3.96. The maximum absolute atomic E-state index is 12.1. The Morgan fingerprint density at radius 3 is 2.62 bits per heavy atom. The molecule has 84 valence electrons. The Balaban J connectivity index is 2.89. The molecule has 1 rings (SSSR count). The molecular weight excluding hydrogens is 223 g/mol. The molecule has 0 fully saturated rings. The van der Waals surface area contributed by atoms with Gasteiger partial charge in [0, 0.05) is 0 Å². The van der Waals surface area contributed by atoms with Gasteiger partial charge in [-0.2, -0.15) is 18.4 Å². The van der Waals surface area contributed by atoms with Crippen LogP contribution in [0.2, 0.25) is 0 Å². The van der Waals surface area contributed by atoms with E-state index in [4.69, 9.17) is 11.0 Å². The van der Waals surface area contributed by atoms with E-state index in [1.807, 2.05) is 5.32 Å². The van der Waals surface area contributed by atoms with Gasteiger partial charge in [0.15, 0.2) is 6.19 Å². The van der Waals surface area contributed by atoms with Gasteiger partial charge in [-0.15, -0.1) is 0 Å². The lowest BCUT2D eigenvalue weighted by atomic mass is 10.3. The smallest absolute Gasteiger partial charge is 0.369 e. The van der Waals surface area contributed by atoms with Gasteiger partial charge in [-0.05, 0) is 12.1 Å². The number of aromatic nitrogens is 1. The van der Waals surface area contributed by atoms with Crippen LogP contribution in [0.25, 0.3) is 0 Å². The molecule has 0 atom stereocenters. The lowest BCUT2D eigenvalue weighted by Gasteiger charge is -2.04. The van der Waals surface area contributed by atoms with Crippen LogP contribution in [0.5, 0.6) is 0 Å². The molecule has 0 radical (unpaired) electrons. The van der Waals surface area contributed by atoms with Crippen molar-refractivity contribution in [1.82, 2.24) is 10.3 Å². The number of pyridine rings is 1. The molecule has 0 aromatic carbocycles. The van der Waals surface area contributed by atoms with Crippen molar-refractivity contribution < 1.29 is 13.2 Å². The zero-order chi connectivity index (χ0) is 12.2. The summed E-state index contributed by atoms with van der Waals surface area (Å²) in [5, 5.41) is 10.2. The third-order valence-corrected chi connectivity index (χ3v) is 1.47. The zero-order valence-corrected chi connectivity index (χ0v) is 7.78. The molecule has 3 N–H and O–H groups in total. The molecular formula is C8H6F3N5. The van der Waals surface area contributed by atoms with E-state index in [1.54, 1.807) is 0 Å². The maximum Gasteiger partial charge on any atom is 0.433 e. The molecule has 0 saturated heterocycles. The molecule has 0 bridgehead atoms. The lowest BCUT2D eigenvalue weighted by molar-refractivity contribution is -0.141. The Kier molecular flexibility index (Phi) is 3.30. The number of guanidine groups is 1. The number of nitrogens with two attached hydrogens (primary N) is 1. The van der Waals surface area contributed by atoms with Crippen molar-refractivity contribution in [2.24, 2.45) is 10.7 Å². The highest BCUT2D eigenvalue weighted by atomic mass is 19.4. The zero-order valence-electron chi connectivity index (χ0n) is 7.78. The van der Waals surface area contributed by atoms with Gasteiger partial charge in [0.25, 0.3) is 0 Å². The van der Waals surface area contributed by atoms with Gasteiger partial charge in [0.05, 0.1) is 11.9 Å². The third kappa shape index (κ3) is 3.13. The van der Waals surface area contributed by atoms with Gasteiger partial charge in [0.2, 0.25) is 5.96 Å². The van der Waals surface area contributed by atoms with E-state index in [0.29, 0.717) is 0 Å². The number of halogens is 3. The highest BCUT2D eigenvalue weighted by Crippen LogP contribution is 2.28. The summed E-state index contributed by atoms with van der Waals surface area (Å²) >= 11 is 0. The molecule has 5 nitrogen and oxygen atoms in total. The summed E-state index contributed by atoms with van der Waals surface area (Å²) in [7, 11) is 0. The van der Waals surface area contributed by atoms with Gasteiger partial charge < -0.3 is 5.73 Å². The van der Waals surface area contributed by atoms with E-state index in [0.717, 1.165) is 18.3 Å². The molecule has 1 heterocycles. The second-order valence-corrected chi connectivity index (χ2v) is 2.63. The van der Waals surface area contributed by atoms with E-state index in [-0.39, 0.29) is 11.6 Å². The van der Waals surface area contributed by atoms with E-state index < -0.39 is 11.9 Å². The van der Waals surface area contributed by atoms with Crippen LogP contribution in [0.15, 0.2) is 23.3 Å². The summed E-state index contributed by atoms with van der Waals surface area (Å²) in [5.74, 6) is -0.218. The average Bonchev–Trinajstić information content (AvgIpc) is 2.17. The van der Waals surface area contributed by atoms with Crippen LogP contribution in [-0.2, 0) is 6.18 Å². The van der Waals surface area contributed by atoms with Gasteiger partial charge in [-0.3, -0.25) is 5.32 Å². The second kappa shape index (κ2) is 4.48. The fraction of sp³-hybridized carbons (Fsp3) is 0.125. The number of hydrogen-bond acceptors (Lipinski definition) is 3. The van der Waals surface area contributed by atoms with Crippen molar-refractivity contribution >= 4 is 11.6 Å². The van der Waals surface area contributed by atoms with E-state index in [2.05, 4.69) is 9.98 Å². The first-order valence-corrected chi connectivity index (χ1v) is 3.96. The highest BCUT2D eigenvalue weighted by Gasteiger charge is 2.31. The molecule has 0 spiro atoms. The summed E-state index contributed by atoms with van der Waals surface area (Å²) in [6.45, 7) is 0. The molecule has 0 amide bonds. The molecule has 1 aromatic heterocycles. The molecule has 0 saturated carbocycles. The van der Waals surface area contributed by atoms with Crippen LogP contribution in [0.4, 0.5) is 18.9 Å². The topological polar surface area (TPSA) is 87.1 Å². The Morgan fingerprint density at radius 1 is 1.50 bits per heavy atom. The largest absolute Gasteiger partial charge is 0.433 e. The van der Waals surface area contributed by atoms with Crippen LogP contribution in [0, 0.1) is 11.5 Å². The summed E-state index contributed by atoms with van der Waals surface area (Å²) in [4.78, 5) is 6.77. The number of nitrogens with zero attached hydrogens (tertiary/aromatic N) is 3. The average molecular weight is 229 g/mol. The molecule has 0 unspecified atom stereocenters. The highest BCUT2D eigenvalue weighted by molar-refractivity contribution is 5.81. The summed E-state index contributed by atoms with van der Waals surface area (Å²) in [5.41, 5.74) is 4.31. The van der Waals surface area contributed by atoms with Gasteiger partial charge in [-0.25, -0.2) is 9.98 Å². The Morgan fingerprint density at radius 2 is 2.19 bits per heavy atom. The van der Waals surface area contributed by atoms with Gasteiger partial charge in [0.1, 0.15) is 5.69 Å². The summed E-state index contributed by atoms with van der Waals surface area (Å²) in [6, 6.07) is 1.88. The van der Waals surface area contributed by atoms with Crippen LogP contribution >= 0.6 is 0 Å². The van der Waals surface area contributed by atoms with Crippen LogP contribution in [0.1, 0.15) is 5.69 Å². The first-order chi connectivity index (χ1) is 7.43. The van der Waals surface area contributed by atoms with E-state index >= 15 is 0 Å². The normalized spacial score (nSPS) is 12.0. The van der Waals surface area contributed by atoms with Crippen molar-refractivity contribution in [1.29, 1.82) is 5.26 Å². The predicted octanol–water partition coefficient (Wildman–Crippen LogP) is 1.12. The van der Waals surface area contributed by atoms with Crippen molar-refractivity contribution in [3.05, 3.63) is 24.0 Å². The number of alkyl halides is 3. The Hall–Kier alpha value is -2.30. The number of rotatable bonds is 1. The summed E-state index contributed by atoms with van der Waals surface area (Å²) < 4.78 is 36.4. The fourth-order valence-electron chi connectivity index (χ4n) is 0.844. The second-order valence-electron chi connectivity index (χ2n) is 2.63. The Bertz CT molecular complexity index is 428. The molecule has 0 aliphatic carbocycles. The van der Waals surface area contributed by atoms with Crippen LogP contribution in [0.3, 0.4) is 0 Å². The van der Waals surface area contributed by atoms with E-state index in [9.17, 15) is 13.2 Å². The molecule has 0 aliphatic heterocycles. The standard InChI is InChI=1S/C8H6F3N5/c9-8(10,11)6-2-1-5(3-14-6)16-7(13)15-4-12/h1-3H,(H3,13,15,16). The van der Waals surface area contributed by atoms with Crippen LogP contribution < -0.4 is 11.1 Å².